The lowest BCUT2D eigenvalue weighted by Crippen LogP contribution is -2.32. The van der Waals surface area contributed by atoms with Crippen LogP contribution < -0.4 is 5.32 Å². The Kier molecular flexibility index (Phi) is 6.39. The number of aryl methyl sites for hydroxylation is 1. The third-order valence-corrected chi connectivity index (χ3v) is 4.30. The van der Waals surface area contributed by atoms with Crippen molar-refractivity contribution in [3.05, 3.63) is 57.8 Å². The van der Waals surface area contributed by atoms with Gasteiger partial charge in [-0.1, -0.05) is 30.3 Å². The molecule has 3 nitrogen and oxygen atoms in total. The van der Waals surface area contributed by atoms with Crippen LogP contribution in [0, 0.1) is 6.92 Å². The molecule has 2 rings (SSSR count). The molecule has 0 saturated heterocycles. The van der Waals surface area contributed by atoms with Crippen molar-refractivity contribution >= 4 is 11.3 Å². The molecule has 0 aliphatic carbocycles. The number of hydrogen-bond donors (Lipinski definition) is 2. The van der Waals surface area contributed by atoms with Crippen molar-refractivity contribution in [1.29, 1.82) is 0 Å². The Morgan fingerprint density at radius 1 is 1.24 bits per heavy atom. The molecule has 1 unspecified atom stereocenters. The Bertz CT molecular complexity index is 527. The number of benzene rings is 1. The van der Waals surface area contributed by atoms with Gasteiger partial charge in [0.25, 0.3) is 0 Å². The van der Waals surface area contributed by atoms with E-state index >= 15 is 0 Å². The number of thiophene rings is 1. The van der Waals surface area contributed by atoms with E-state index in [-0.39, 0.29) is 6.04 Å². The molecule has 0 amide bonds. The minimum atomic E-state index is -0.489. The normalized spacial score (nSPS) is 14.0. The quantitative estimate of drug-likeness (QED) is 0.786. The molecule has 0 aliphatic rings. The predicted molar refractivity (Wildman–Crippen MR) is 87.6 cm³/mol. The molecule has 0 radical (unpaired) electrons. The summed E-state index contributed by atoms with van der Waals surface area (Å²) in [5.74, 6) is 0. The summed E-state index contributed by atoms with van der Waals surface area (Å²) in [5.41, 5.74) is 2.53. The fourth-order valence-corrected chi connectivity index (χ4v) is 2.89. The molecular formula is C17H23NO2S. The van der Waals surface area contributed by atoms with E-state index < -0.39 is 6.10 Å². The van der Waals surface area contributed by atoms with Gasteiger partial charge in [0.2, 0.25) is 0 Å². The largest absolute Gasteiger partial charge is 0.389 e. The zero-order chi connectivity index (χ0) is 15.1. The van der Waals surface area contributed by atoms with Gasteiger partial charge in [-0.25, -0.2) is 0 Å². The summed E-state index contributed by atoms with van der Waals surface area (Å²) in [5, 5.41) is 15.3. The molecule has 2 atom stereocenters. The first-order valence-corrected chi connectivity index (χ1v) is 8.12. The van der Waals surface area contributed by atoms with E-state index in [4.69, 9.17) is 4.74 Å². The smallest absolute Gasteiger partial charge is 0.0898 e. The minimum Gasteiger partial charge on any atom is -0.389 e. The second-order valence-electron chi connectivity index (χ2n) is 5.23. The third-order valence-electron chi connectivity index (χ3n) is 3.45. The van der Waals surface area contributed by atoms with Crippen molar-refractivity contribution in [2.24, 2.45) is 0 Å². The van der Waals surface area contributed by atoms with Crippen molar-refractivity contribution in [1.82, 2.24) is 5.32 Å². The average Bonchev–Trinajstić information content (AvgIpc) is 2.98. The Hall–Kier alpha value is -1.20. The molecule has 4 heteroatoms. The van der Waals surface area contributed by atoms with Gasteiger partial charge < -0.3 is 15.2 Å². The van der Waals surface area contributed by atoms with E-state index in [9.17, 15) is 5.11 Å². The maximum absolute atomic E-state index is 9.96. The zero-order valence-corrected chi connectivity index (χ0v) is 13.4. The van der Waals surface area contributed by atoms with Crippen LogP contribution in [0.5, 0.6) is 0 Å². The van der Waals surface area contributed by atoms with Crippen LogP contribution in [0.1, 0.15) is 29.0 Å². The lowest BCUT2D eigenvalue weighted by atomic mass is 10.0. The summed E-state index contributed by atoms with van der Waals surface area (Å²) in [4.78, 5) is 1.18. The minimum absolute atomic E-state index is 0.221. The maximum atomic E-state index is 9.96. The predicted octanol–water partition coefficient (Wildman–Crippen LogP) is 3.28. The van der Waals surface area contributed by atoms with Gasteiger partial charge in [0.05, 0.1) is 19.3 Å². The van der Waals surface area contributed by atoms with Gasteiger partial charge in [0.1, 0.15) is 0 Å². The van der Waals surface area contributed by atoms with Crippen LogP contribution in [-0.2, 0) is 11.3 Å². The molecule has 0 spiro atoms. The molecule has 0 aliphatic heterocycles. The van der Waals surface area contributed by atoms with Crippen LogP contribution in [-0.4, -0.2) is 24.4 Å². The van der Waals surface area contributed by atoms with Gasteiger partial charge >= 0.3 is 0 Å². The summed E-state index contributed by atoms with van der Waals surface area (Å²) < 4.78 is 5.52. The van der Waals surface area contributed by atoms with E-state index in [2.05, 4.69) is 31.3 Å². The van der Waals surface area contributed by atoms with Crippen molar-refractivity contribution < 1.29 is 9.84 Å². The highest BCUT2D eigenvalue weighted by Crippen LogP contribution is 2.16. The van der Waals surface area contributed by atoms with Crippen molar-refractivity contribution in [3.63, 3.8) is 0 Å². The lowest BCUT2D eigenvalue weighted by molar-refractivity contribution is 0.0288. The summed E-state index contributed by atoms with van der Waals surface area (Å²) in [6.07, 6.45) is -0.489. The molecule has 1 aromatic carbocycles. The summed E-state index contributed by atoms with van der Waals surface area (Å²) in [6.45, 7) is 5.67. The fourth-order valence-electron chi connectivity index (χ4n) is 2.24. The highest BCUT2D eigenvalue weighted by Gasteiger charge is 2.10. The Morgan fingerprint density at radius 2 is 2.05 bits per heavy atom. The SMILES string of the molecule is Cc1ccccc1[C@H](C)NCC(O)COCc1cccs1. The second kappa shape index (κ2) is 8.29. The summed E-state index contributed by atoms with van der Waals surface area (Å²) in [7, 11) is 0. The molecule has 1 aromatic heterocycles. The molecule has 0 fully saturated rings. The molecular weight excluding hydrogens is 282 g/mol. The monoisotopic (exact) mass is 305 g/mol. The van der Waals surface area contributed by atoms with Gasteiger partial charge in [-0.05, 0) is 36.4 Å². The number of rotatable bonds is 8. The van der Waals surface area contributed by atoms with Crippen LogP contribution in [0.2, 0.25) is 0 Å². The van der Waals surface area contributed by atoms with Crippen LogP contribution in [0.25, 0.3) is 0 Å². The highest BCUT2D eigenvalue weighted by molar-refractivity contribution is 7.09. The first kappa shape index (κ1) is 16.2. The summed E-state index contributed by atoms with van der Waals surface area (Å²) >= 11 is 1.67. The number of aliphatic hydroxyl groups excluding tert-OH is 1. The Labute approximate surface area is 130 Å². The van der Waals surface area contributed by atoms with E-state index in [0.29, 0.717) is 19.8 Å². The Morgan fingerprint density at radius 3 is 2.76 bits per heavy atom. The van der Waals surface area contributed by atoms with Crippen molar-refractivity contribution in [3.8, 4) is 0 Å². The summed E-state index contributed by atoms with van der Waals surface area (Å²) in [6, 6.07) is 12.6. The fraction of sp³-hybridized carbons (Fsp3) is 0.412. The van der Waals surface area contributed by atoms with Gasteiger partial charge in [0.15, 0.2) is 0 Å². The van der Waals surface area contributed by atoms with Gasteiger partial charge in [-0.15, -0.1) is 11.3 Å². The van der Waals surface area contributed by atoms with Gasteiger partial charge in [-0.3, -0.25) is 0 Å². The topological polar surface area (TPSA) is 41.5 Å². The van der Waals surface area contributed by atoms with Gasteiger partial charge in [0, 0.05) is 17.5 Å². The van der Waals surface area contributed by atoms with Crippen LogP contribution in [0.4, 0.5) is 0 Å². The molecule has 0 saturated carbocycles. The number of hydrogen-bond acceptors (Lipinski definition) is 4. The van der Waals surface area contributed by atoms with E-state index in [1.807, 2.05) is 29.6 Å². The van der Waals surface area contributed by atoms with Crippen molar-refractivity contribution in [2.75, 3.05) is 13.2 Å². The van der Waals surface area contributed by atoms with Crippen LogP contribution >= 0.6 is 11.3 Å². The maximum Gasteiger partial charge on any atom is 0.0898 e. The lowest BCUT2D eigenvalue weighted by Gasteiger charge is -2.19. The number of aliphatic hydroxyl groups is 1. The van der Waals surface area contributed by atoms with E-state index in [0.717, 1.165) is 0 Å². The van der Waals surface area contributed by atoms with E-state index in [1.54, 1.807) is 11.3 Å². The zero-order valence-electron chi connectivity index (χ0n) is 12.6. The van der Waals surface area contributed by atoms with Crippen LogP contribution in [0.3, 0.4) is 0 Å². The standard InChI is InChI=1S/C17H23NO2S/c1-13-6-3-4-8-17(13)14(2)18-10-15(19)11-20-12-16-7-5-9-21-16/h3-9,14-15,18-19H,10-12H2,1-2H3/t14-,15?/m0/s1. The van der Waals surface area contributed by atoms with Crippen molar-refractivity contribution in [2.45, 2.75) is 32.6 Å². The first-order valence-electron chi connectivity index (χ1n) is 7.24. The molecule has 0 bridgehead atoms. The van der Waals surface area contributed by atoms with Crippen LogP contribution in [0.15, 0.2) is 41.8 Å². The van der Waals surface area contributed by atoms with E-state index in [1.165, 1.54) is 16.0 Å². The average molecular weight is 305 g/mol. The molecule has 2 aromatic rings. The molecule has 2 N–H and O–H groups in total. The Balaban J connectivity index is 1.68. The molecule has 114 valence electrons. The second-order valence-corrected chi connectivity index (χ2v) is 6.27. The highest BCUT2D eigenvalue weighted by atomic mass is 32.1. The number of ether oxygens (including phenoxy) is 1. The molecule has 1 heterocycles. The van der Waals surface area contributed by atoms with Gasteiger partial charge in [-0.2, -0.15) is 0 Å². The first-order chi connectivity index (χ1) is 10.2. The number of nitrogens with one attached hydrogen (secondary N) is 1. The third kappa shape index (κ3) is 5.25. The molecule has 21 heavy (non-hydrogen) atoms.